The number of hydrogen-bond acceptors (Lipinski definition) is 1. The Bertz CT molecular complexity index is 357. The Balaban J connectivity index is 2.61. The molecule has 0 saturated carbocycles. The number of hydrogen-bond donors (Lipinski definition) is 3. The molecule has 1 aromatic rings. The van der Waals surface area contributed by atoms with Gasteiger partial charge in [-0.3, -0.25) is 5.32 Å². The molecule has 0 atom stereocenters. The molecule has 0 radical (unpaired) electrons. The summed E-state index contributed by atoms with van der Waals surface area (Å²) in [5.74, 6) is 0.934. The highest BCUT2D eigenvalue weighted by Crippen LogP contribution is 2.03. The van der Waals surface area contributed by atoms with E-state index in [1.54, 1.807) is 0 Å². The van der Waals surface area contributed by atoms with Gasteiger partial charge in [-0.1, -0.05) is 32.0 Å². The first kappa shape index (κ1) is 11.7. The van der Waals surface area contributed by atoms with Gasteiger partial charge in [0.05, 0.1) is 5.69 Å². The van der Waals surface area contributed by atoms with Crippen LogP contribution in [0.1, 0.15) is 13.8 Å². The average molecular weight is 222 g/mol. The smallest absolute Gasteiger partial charge is 0.292 e. The van der Waals surface area contributed by atoms with Crippen LogP contribution < -0.4 is 16.0 Å². The summed E-state index contributed by atoms with van der Waals surface area (Å²) < 4.78 is 0. The Morgan fingerprint density at radius 1 is 1.33 bits per heavy atom. The number of benzene rings is 1. The highest BCUT2D eigenvalue weighted by Gasteiger charge is 2.05. The number of thiocarbonyl (C=S) groups is 1. The third kappa shape index (κ3) is 4.08. The van der Waals surface area contributed by atoms with Crippen molar-refractivity contribution >= 4 is 28.9 Å². The number of nitrogens with one attached hydrogen (secondary N) is 2. The van der Waals surface area contributed by atoms with Crippen LogP contribution in [0.3, 0.4) is 0 Å². The van der Waals surface area contributed by atoms with Crippen LogP contribution in [-0.2, 0) is 0 Å². The van der Waals surface area contributed by atoms with Gasteiger partial charge in [-0.2, -0.15) is 0 Å². The third-order valence-corrected chi connectivity index (χ3v) is 2.12. The molecule has 0 fully saturated rings. The van der Waals surface area contributed by atoms with E-state index in [0.29, 0.717) is 10.9 Å². The first-order valence-corrected chi connectivity index (χ1v) is 5.26. The Morgan fingerprint density at radius 2 is 1.93 bits per heavy atom. The van der Waals surface area contributed by atoms with Crippen LogP contribution in [0.2, 0.25) is 0 Å². The van der Waals surface area contributed by atoms with Crippen molar-refractivity contribution in [2.75, 3.05) is 5.32 Å². The molecule has 0 bridgehead atoms. The Morgan fingerprint density at radius 3 is 2.47 bits per heavy atom. The average Bonchev–Trinajstić information content (AvgIpc) is 2.18. The molecule has 1 rings (SSSR count). The molecule has 0 saturated heterocycles. The maximum Gasteiger partial charge on any atom is 0.292 e. The summed E-state index contributed by atoms with van der Waals surface area (Å²) in [5.41, 5.74) is 6.70. The van der Waals surface area contributed by atoms with Crippen LogP contribution >= 0.6 is 12.2 Å². The Kier molecular flexibility index (Phi) is 4.24. The molecule has 0 heterocycles. The molecular weight excluding hydrogens is 206 g/mol. The number of rotatable bonds is 2. The predicted octanol–water partition coefficient (Wildman–Crippen LogP) is 0.477. The summed E-state index contributed by atoms with van der Waals surface area (Å²) in [4.78, 5) is 2.94. The second kappa shape index (κ2) is 5.46. The third-order valence-electron chi connectivity index (χ3n) is 1.91. The van der Waals surface area contributed by atoms with E-state index in [9.17, 15) is 0 Å². The van der Waals surface area contributed by atoms with E-state index in [4.69, 9.17) is 18.0 Å². The molecule has 80 valence electrons. The van der Waals surface area contributed by atoms with E-state index in [1.165, 1.54) is 0 Å². The van der Waals surface area contributed by atoms with Gasteiger partial charge >= 0.3 is 0 Å². The molecule has 0 amide bonds. The van der Waals surface area contributed by atoms with E-state index in [2.05, 4.69) is 10.3 Å². The van der Waals surface area contributed by atoms with Crippen LogP contribution in [0, 0.1) is 5.92 Å². The van der Waals surface area contributed by atoms with E-state index in [1.807, 2.05) is 44.2 Å². The minimum atomic E-state index is 0.264. The first-order chi connectivity index (χ1) is 7.09. The standard InChI is InChI=1S/C11H15N3S/c1-8(2)10(12)14-11(15)13-9-6-4-3-5-7-9/h3-8H,1-2H3,(H3,12,13,14,15)/p+1. The van der Waals surface area contributed by atoms with Crippen molar-refractivity contribution < 1.29 is 4.99 Å². The fraction of sp³-hybridized carbons (Fsp3) is 0.273. The highest BCUT2D eigenvalue weighted by atomic mass is 32.1. The molecule has 4 heteroatoms. The molecular formula is C11H16N3S+. The van der Waals surface area contributed by atoms with E-state index < -0.39 is 0 Å². The van der Waals surface area contributed by atoms with Gasteiger partial charge in [0.1, 0.15) is 0 Å². The zero-order valence-electron chi connectivity index (χ0n) is 8.95. The fourth-order valence-electron chi connectivity index (χ4n) is 0.959. The number of nitrogens with two attached hydrogens (primary N) is 1. The molecule has 0 spiro atoms. The van der Waals surface area contributed by atoms with Crippen molar-refractivity contribution in [2.24, 2.45) is 11.7 Å². The van der Waals surface area contributed by atoms with E-state index in [-0.39, 0.29) is 5.92 Å². The summed E-state index contributed by atoms with van der Waals surface area (Å²) >= 11 is 5.11. The van der Waals surface area contributed by atoms with E-state index in [0.717, 1.165) is 5.69 Å². The molecule has 4 N–H and O–H groups in total. The van der Waals surface area contributed by atoms with Crippen LogP contribution in [0.15, 0.2) is 30.3 Å². The monoisotopic (exact) mass is 222 g/mol. The second-order valence-corrected chi connectivity index (χ2v) is 3.96. The van der Waals surface area contributed by atoms with Gasteiger partial charge < -0.3 is 5.73 Å². The molecule has 1 aromatic carbocycles. The lowest BCUT2D eigenvalue weighted by Gasteiger charge is -2.02. The number of anilines is 1. The molecule has 0 aromatic heterocycles. The summed E-state index contributed by atoms with van der Waals surface area (Å²) in [5, 5.41) is 3.57. The Labute approximate surface area is 95.4 Å². The van der Waals surface area contributed by atoms with Crippen molar-refractivity contribution in [3.8, 4) is 0 Å². The maximum atomic E-state index is 5.75. The zero-order valence-corrected chi connectivity index (χ0v) is 9.77. The van der Waals surface area contributed by atoms with Gasteiger partial charge in [-0.25, -0.2) is 4.99 Å². The summed E-state index contributed by atoms with van der Waals surface area (Å²) in [6, 6.07) is 9.73. The van der Waals surface area contributed by atoms with Gasteiger partial charge in [-0.05, 0) is 24.4 Å². The van der Waals surface area contributed by atoms with Crippen molar-refractivity contribution in [1.82, 2.24) is 0 Å². The molecule has 0 unspecified atom stereocenters. The van der Waals surface area contributed by atoms with Crippen molar-refractivity contribution in [3.63, 3.8) is 0 Å². The SMILES string of the molecule is CC(C)C(N)=[NH+]C(=S)Nc1ccccc1. The molecule has 0 aliphatic carbocycles. The number of amidine groups is 1. The lowest BCUT2D eigenvalue weighted by Crippen LogP contribution is -2.81. The quantitative estimate of drug-likeness (QED) is 0.387. The second-order valence-electron chi connectivity index (χ2n) is 3.56. The van der Waals surface area contributed by atoms with Gasteiger partial charge in [0, 0.05) is 5.92 Å². The first-order valence-electron chi connectivity index (χ1n) is 4.85. The van der Waals surface area contributed by atoms with Gasteiger partial charge in [0.2, 0.25) is 0 Å². The predicted molar refractivity (Wildman–Crippen MR) is 67.7 cm³/mol. The van der Waals surface area contributed by atoms with Crippen molar-refractivity contribution in [1.29, 1.82) is 0 Å². The summed E-state index contributed by atoms with van der Waals surface area (Å²) in [6.07, 6.45) is 0. The molecule has 15 heavy (non-hydrogen) atoms. The fourth-order valence-corrected chi connectivity index (χ4v) is 1.19. The lowest BCUT2D eigenvalue weighted by atomic mass is 10.2. The van der Waals surface area contributed by atoms with Gasteiger partial charge in [0.25, 0.3) is 5.11 Å². The molecule has 0 aliphatic heterocycles. The van der Waals surface area contributed by atoms with Crippen LogP contribution in [-0.4, -0.2) is 10.9 Å². The Hall–Kier alpha value is -1.42. The molecule has 0 aliphatic rings. The number of para-hydroxylation sites is 1. The lowest BCUT2D eigenvalue weighted by molar-refractivity contribution is -0.315. The van der Waals surface area contributed by atoms with Crippen LogP contribution in [0.5, 0.6) is 0 Å². The normalized spacial score (nSPS) is 11.5. The maximum absolute atomic E-state index is 5.75. The summed E-state index contributed by atoms with van der Waals surface area (Å²) in [6.45, 7) is 4.01. The van der Waals surface area contributed by atoms with Crippen LogP contribution in [0.25, 0.3) is 0 Å². The van der Waals surface area contributed by atoms with Gasteiger partial charge in [0.15, 0.2) is 5.84 Å². The zero-order chi connectivity index (χ0) is 11.3. The van der Waals surface area contributed by atoms with Crippen LogP contribution in [0.4, 0.5) is 5.69 Å². The minimum Gasteiger partial charge on any atom is -0.322 e. The topological polar surface area (TPSA) is 52.0 Å². The minimum absolute atomic E-state index is 0.264. The molecule has 3 nitrogen and oxygen atoms in total. The van der Waals surface area contributed by atoms with Gasteiger partial charge in [-0.15, -0.1) is 0 Å². The summed E-state index contributed by atoms with van der Waals surface area (Å²) in [7, 11) is 0. The van der Waals surface area contributed by atoms with Crippen molar-refractivity contribution in [3.05, 3.63) is 30.3 Å². The van der Waals surface area contributed by atoms with Crippen molar-refractivity contribution in [2.45, 2.75) is 13.8 Å². The van der Waals surface area contributed by atoms with E-state index >= 15 is 0 Å². The highest BCUT2D eigenvalue weighted by molar-refractivity contribution is 7.80. The largest absolute Gasteiger partial charge is 0.322 e.